The van der Waals surface area contributed by atoms with Gasteiger partial charge in [-0.2, -0.15) is 5.26 Å². The van der Waals surface area contributed by atoms with Gasteiger partial charge in [0, 0.05) is 11.3 Å². The van der Waals surface area contributed by atoms with Gasteiger partial charge in [-0.3, -0.25) is 9.59 Å². The summed E-state index contributed by atoms with van der Waals surface area (Å²) in [5.41, 5.74) is 0.344. The van der Waals surface area contributed by atoms with Gasteiger partial charge in [-0.1, -0.05) is 15.9 Å². The molecule has 0 spiro atoms. The number of aromatic amines is 1. The number of carbonyl (C=O) groups is 1. The SMILES string of the molecule is Cc1[nH]c(=O)c(C#N)cc1C(=O)C(C)Br. The number of rotatable bonds is 2. The molecule has 4 nitrogen and oxygen atoms in total. The number of Topliss-reactive ketones (excluding diaryl/α,β-unsaturated/α-hetero) is 1. The van der Waals surface area contributed by atoms with E-state index >= 15 is 0 Å². The maximum atomic E-state index is 11.7. The van der Waals surface area contributed by atoms with Gasteiger partial charge in [-0.05, 0) is 19.9 Å². The van der Waals surface area contributed by atoms with Crippen LogP contribution in [0.1, 0.15) is 28.5 Å². The van der Waals surface area contributed by atoms with Crippen molar-refractivity contribution in [2.75, 3.05) is 0 Å². The maximum Gasteiger partial charge on any atom is 0.266 e. The van der Waals surface area contributed by atoms with E-state index in [-0.39, 0.29) is 16.2 Å². The molecule has 0 aliphatic carbocycles. The average molecular weight is 269 g/mol. The van der Waals surface area contributed by atoms with Crippen LogP contribution in [0.4, 0.5) is 0 Å². The largest absolute Gasteiger partial charge is 0.325 e. The van der Waals surface area contributed by atoms with Gasteiger partial charge in [-0.25, -0.2) is 0 Å². The summed E-state index contributed by atoms with van der Waals surface area (Å²) in [7, 11) is 0. The number of nitrogens with one attached hydrogen (secondary N) is 1. The molecule has 0 bridgehead atoms. The van der Waals surface area contributed by atoms with E-state index in [1.807, 2.05) is 0 Å². The monoisotopic (exact) mass is 268 g/mol. The summed E-state index contributed by atoms with van der Waals surface area (Å²) in [6.45, 7) is 3.32. The number of pyridine rings is 1. The molecular formula is C10H9BrN2O2. The van der Waals surface area contributed by atoms with E-state index in [1.165, 1.54) is 6.07 Å². The maximum absolute atomic E-state index is 11.7. The van der Waals surface area contributed by atoms with Gasteiger partial charge in [0.15, 0.2) is 5.78 Å². The highest BCUT2D eigenvalue weighted by atomic mass is 79.9. The molecule has 1 unspecified atom stereocenters. The van der Waals surface area contributed by atoms with Crippen molar-refractivity contribution in [2.24, 2.45) is 0 Å². The minimum Gasteiger partial charge on any atom is -0.325 e. The molecule has 0 saturated heterocycles. The fraction of sp³-hybridized carbons (Fsp3) is 0.300. The van der Waals surface area contributed by atoms with Gasteiger partial charge in [0.2, 0.25) is 0 Å². The first-order chi connectivity index (χ1) is 6.97. The zero-order valence-electron chi connectivity index (χ0n) is 8.30. The summed E-state index contributed by atoms with van der Waals surface area (Å²) in [5, 5.41) is 8.66. The second-order valence-electron chi connectivity index (χ2n) is 3.14. The topological polar surface area (TPSA) is 73.7 Å². The highest BCUT2D eigenvalue weighted by Crippen LogP contribution is 2.12. The lowest BCUT2D eigenvalue weighted by Gasteiger charge is -2.06. The molecule has 1 heterocycles. The number of halogens is 1. The molecule has 0 fully saturated rings. The van der Waals surface area contributed by atoms with Crippen LogP contribution >= 0.6 is 15.9 Å². The van der Waals surface area contributed by atoms with E-state index in [0.717, 1.165) is 0 Å². The van der Waals surface area contributed by atoms with Crippen LogP contribution in [0.15, 0.2) is 10.9 Å². The van der Waals surface area contributed by atoms with Gasteiger partial charge in [-0.15, -0.1) is 0 Å². The second-order valence-corrected chi connectivity index (χ2v) is 4.52. The number of nitrogens with zero attached hydrogens (tertiary/aromatic N) is 1. The second kappa shape index (κ2) is 4.41. The van der Waals surface area contributed by atoms with Gasteiger partial charge in [0.1, 0.15) is 11.6 Å². The Morgan fingerprint density at radius 3 is 2.73 bits per heavy atom. The van der Waals surface area contributed by atoms with Gasteiger partial charge >= 0.3 is 0 Å². The molecule has 0 radical (unpaired) electrons. The van der Waals surface area contributed by atoms with Crippen molar-refractivity contribution in [1.82, 2.24) is 4.98 Å². The zero-order chi connectivity index (χ0) is 11.6. The lowest BCUT2D eigenvalue weighted by atomic mass is 10.1. The third-order valence-corrected chi connectivity index (χ3v) is 2.40. The number of alkyl halides is 1. The van der Waals surface area contributed by atoms with Crippen molar-refractivity contribution in [3.8, 4) is 6.07 Å². The first-order valence-electron chi connectivity index (χ1n) is 4.29. The average Bonchev–Trinajstić information content (AvgIpc) is 2.17. The van der Waals surface area contributed by atoms with Crippen molar-refractivity contribution in [3.05, 3.63) is 33.2 Å². The minimum absolute atomic E-state index is 0.0444. The highest BCUT2D eigenvalue weighted by Gasteiger charge is 2.16. The number of ketones is 1. The molecule has 1 aromatic heterocycles. The first kappa shape index (κ1) is 11.7. The van der Waals surface area contributed by atoms with E-state index in [2.05, 4.69) is 20.9 Å². The van der Waals surface area contributed by atoms with E-state index in [9.17, 15) is 9.59 Å². The van der Waals surface area contributed by atoms with E-state index in [0.29, 0.717) is 11.3 Å². The highest BCUT2D eigenvalue weighted by molar-refractivity contribution is 9.10. The zero-order valence-corrected chi connectivity index (χ0v) is 9.88. The van der Waals surface area contributed by atoms with Crippen molar-refractivity contribution in [3.63, 3.8) is 0 Å². The molecule has 1 N–H and O–H groups in total. The lowest BCUT2D eigenvalue weighted by Crippen LogP contribution is -2.19. The minimum atomic E-state index is -0.464. The Balaban J connectivity index is 3.39. The van der Waals surface area contributed by atoms with Gasteiger partial charge < -0.3 is 4.98 Å². The van der Waals surface area contributed by atoms with Crippen LogP contribution in [-0.2, 0) is 0 Å². The predicted octanol–water partition coefficient (Wildman–Crippen LogP) is 1.52. The Hall–Kier alpha value is -1.41. The van der Waals surface area contributed by atoms with E-state index < -0.39 is 5.56 Å². The van der Waals surface area contributed by atoms with Crippen molar-refractivity contribution in [1.29, 1.82) is 5.26 Å². The molecule has 1 rings (SSSR count). The number of nitriles is 1. The normalized spacial score (nSPS) is 11.9. The van der Waals surface area contributed by atoms with Crippen LogP contribution in [0.25, 0.3) is 0 Å². The third-order valence-electron chi connectivity index (χ3n) is 1.99. The number of hydrogen-bond donors (Lipinski definition) is 1. The smallest absolute Gasteiger partial charge is 0.266 e. The fourth-order valence-corrected chi connectivity index (χ4v) is 1.42. The van der Waals surface area contributed by atoms with E-state index in [4.69, 9.17) is 5.26 Å². The molecule has 0 aliphatic rings. The van der Waals surface area contributed by atoms with E-state index in [1.54, 1.807) is 19.9 Å². The lowest BCUT2D eigenvalue weighted by molar-refractivity contribution is 0.0995. The number of hydrogen-bond acceptors (Lipinski definition) is 3. The Morgan fingerprint density at radius 2 is 2.27 bits per heavy atom. The summed E-state index contributed by atoms with van der Waals surface area (Å²) in [5.74, 6) is -0.153. The molecule has 78 valence electrons. The number of aromatic nitrogens is 1. The van der Waals surface area contributed by atoms with Crippen molar-refractivity contribution in [2.45, 2.75) is 18.7 Å². The first-order valence-corrected chi connectivity index (χ1v) is 5.21. The standard InChI is InChI=1S/C10H9BrN2O2/c1-5(11)9(14)8-3-7(4-12)10(15)13-6(8)2/h3,5H,1-2H3,(H,13,15). The van der Waals surface area contributed by atoms with Gasteiger partial charge in [0.25, 0.3) is 5.56 Å². The van der Waals surface area contributed by atoms with Crippen LogP contribution in [0, 0.1) is 18.3 Å². The van der Waals surface area contributed by atoms with Crippen molar-refractivity contribution < 1.29 is 4.79 Å². The summed E-state index contributed by atoms with van der Waals surface area (Å²) in [6, 6.07) is 3.07. The number of H-pyrrole nitrogens is 1. The molecular weight excluding hydrogens is 260 g/mol. The molecule has 15 heavy (non-hydrogen) atoms. The van der Waals surface area contributed by atoms with Crippen LogP contribution in [0.5, 0.6) is 0 Å². The summed E-state index contributed by atoms with van der Waals surface area (Å²) in [4.78, 5) is 25.0. The molecule has 1 atom stereocenters. The molecule has 5 heteroatoms. The summed E-state index contributed by atoms with van der Waals surface area (Å²) in [6.07, 6.45) is 0. The molecule has 0 aliphatic heterocycles. The Bertz CT molecular complexity index is 497. The molecule has 0 aromatic carbocycles. The summed E-state index contributed by atoms with van der Waals surface area (Å²) >= 11 is 3.15. The Kier molecular flexibility index (Phi) is 3.43. The fourth-order valence-electron chi connectivity index (χ4n) is 1.18. The molecule has 0 saturated carbocycles. The third kappa shape index (κ3) is 2.34. The van der Waals surface area contributed by atoms with Crippen LogP contribution in [-0.4, -0.2) is 15.6 Å². The van der Waals surface area contributed by atoms with Crippen LogP contribution in [0.2, 0.25) is 0 Å². The van der Waals surface area contributed by atoms with Crippen LogP contribution in [0.3, 0.4) is 0 Å². The summed E-state index contributed by atoms with van der Waals surface area (Å²) < 4.78 is 0. The molecule has 0 amide bonds. The van der Waals surface area contributed by atoms with Gasteiger partial charge in [0.05, 0.1) is 4.83 Å². The van der Waals surface area contributed by atoms with Crippen molar-refractivity contribution >= 4 is 21.7 Å². The number of aryl methyl sites for hydroxylation is 1. The Morgan fingerprint density at radius 1 is 1.67 bits per heavy atom. The Labute approximate surface area is 95.1 Å². The van der Waals surface area contributed by atoms with Crippen LogP contribution < -0.4 is 5.56 Å². The predicted molar refractivity (Wildman–Crippen MR) is 59.2 cm³/mol. The molecule has 1 aromatic rings. The quantitative estimate of drug-likeness (QED) is 0.653. The number of carbonyl (C=O) groups excluding carboxylic acids is 1.